The summed E-state index contributed by atoms with van der Waals surface area (Å²) in [5.41, 5.74) is 3.57. The Bertz CT molecular complexity index is 791. The number of aliphatic hydroxyl groups is 1. The summed E-state index contributed by atoms with van der Waals surface area (Å²) in [4.78, 5) is 2.25. The Morgan fingerprint density at radius 3 is 2.73 bits per heavy atom. The highest BCUT2D eigenvalue weighted by Crippen LogP contribution is 2.44. The predicted molar refractivity (Wildman–Crippen MR) is 104 cm³/mol. The van der Waals surface area contributed by atoms with Crippen molar-refractivity contribution in [3.05, 3.63) is 54.0 Å². The molecule has 0 atom stereocenters. The monoisotopic (exact) mass is 353 g/mol. The van der Waals surface area contributed by atoms with Gasteiger partial charge in [0.25, 0.3) is 0 Å². The van der Waals surface area contributed by atoms with Gasteiger partial charge in [-0.1, -0.05) is 24.3 Å². The van der Waals surface area contributed by atoms with Gasteiger partial charge in [0.1, 0.15) is 5.82 Å². The minimum atomic E-state index is 0.0857. The van der Waals surface area contributed by atoms with Crippen LogP contribution in [-0.2, 0) is 13.1 Å². The van der Waals surface area contributed by atoms with Crippen LogP contribution in [-0.4, -0.2) is 39.5 Å². The van der Waals surface area contributed by atoms with Crippen LogP contribution in [0.1, 0.15) is 24.1 Å². The number of aromatic nitrogens is 2. The highest BCUT2D eigenvalue weighted by Gasteiger charge is 2.41. The molecule has 3 N–H and O–H groups in total. The molecule has 1 aliphatic heterocycles. The first-order valence-corrected chi connectivity index (χ1v) is 9.26. The van der Waals surface area contributed by atoms with Gasteiger partial charge in [-0.25, -0.2) is 0 Å². The Morgan fingerprint density at radius 2 is 2.04 bits per heavy atom. The number of hydrogen-bond donors (Lipinski definition) is 3. The van der Waals surface area contributed by atoms with Gasteiger partial charge >= 0.3 is 0 Å². The molecule has 0 saturated heterocycles. The van der Waals surface area contributed by atoms with Crippen molar-refractivity contribution in [3.8, 4) is 0 Å². The molecule has 0 radical (unpaired) electrons. The van der Waals surface area contributed by atoms with Crippen molar-refractivity contribution in [1.82, 2.24) is 14.7 Å². The van der Waals surface area contributed by atoms with Crippen LogP contribution in [0.5, 0.6) is 0 Å². The van der Waals surface area contributed by atoms with E-state index in [1.54, 1.807) is 0 Å². The van der Waals surface area contributed by atoms with Gasteiger partial charge in [-0.3, -0.25) is 4.68 Å². The SMILES string of the molecule is C=C(Nc1ccc(C)cc1)N1CCn2nc(NCC3(CO)CC3)cc2C1. The van der Waals surface area contributed by atoms with Gasteiger partial charge in [-0.2, -0.15) is 5.10 Å². The van der Waals surface area contributed by atoms with E-state index in [1.807, 2.05) is 0 Å². The molecule has 1 aromatic carbocycles. The van der Waals surface area contributed by atoms with Crippen LogP contribution in [0.2, 0.25) is 0 Å². The van der Waals surface area contributed by atoms with E-state index < -0.39 is 0 Å². The normalized spacial score (nSPS) is 17.5. The Balaban J connectivity index is 1.36. The Kier molecular flexibility index (Phi) is 4.36. The number of nitrogens with one attached hydrogen (secondary N) is 2. The maximum absolute atomic E-state index is 9.44. The first kappa shape index (κ1) is 17.0. The first-order valence-electron chi connectivity index (χ1n) is 9.26. The number of nitrogens with zero attached hydrogens (tertiary/aromatic N) is 3. The van der Waals surface area contributed by atoms with E-state index in [9.17, 15) is 5.11 Å². The van der Waals surface area contributed by atoms with Crippen LogP contribution < -0.4 is 10.6 Å². The topological polar surface area (TPSA) is 65.4 Å². The third-order valence-electron chi connectivity index (χ3n) is 5.46. The smallest absolute Gasteiger partial charge is 0.148 e. The van der Waals surface area contributed by atoms with E-state index in [0.717, 1.165) is 56.3 Å². The average Bonchev–Trinajstić information content (AvgIpc) is 3.32. The molecule has 1 aliphatic carbocycles. The lowest BCUT2D eigenvalue weighted by Gasteiger charge is -2.31. The molecular weight excluding hydrogens is 326 g/mol. The predicted octanol–water partition coefficient (Wildman–Crippen LogP) is 2.77. The Labute approximate surface area is 154 Å². The summed E-state index contributed by atoms with van der Waals surface area (Å²) in [7, 11) is 0. The van der Waals surface area contributed by atoms with Crippen molar-refractivity contribution in [2.75, 3.05) is 30.3 Å². The number of aliphatic hydroxyl groups excluding tert-OH is 1. The van der Waals surface area contributed by atoms with Gasteiger partial charge in [0.15, 0.2) is 0 Å². The molecule has 0 unspecified atom stereocenters. The number of anilines is 2. The fourth-order valence-corrected chi connectivity index (χ4v) is 3.31. The van der Waals surface area contributed by atoms with Crippen LogP contribution in [0, 0.1) is 12.3 Å². The van der Waals surface area contributed by atoms with Crippen LogP contribution in [0.3, 0.4) is 0 Å². The van der Waals surface area contributed by atoms with E-state index in [-0.39, 0.29) is 12.0 Å². The lowest BCUT2D eigenvalue weighted by molar-refractivity contribution is 0.219. The van der Waals surface area contributed by atoms with Gasteiger partial charge in [-0.15, -0.1) is 0 Å². The molecule has 26 heavy (non-hydrogen) atoms. The summed E-state index contributed by atoms with van der Waals surface area (Å²) in [6.45, 7) is 9.86. The highest BCUT2D eigenvalue weighted by molar-refractivity contribution is 5.48. The van der Waals surface area contributed by atoms with Gasteiger partial charge < -0.3 is 20.6 Å². The van der Waals surface area contributed by atoms with Crippen molar-refractivity contribution in [3.63, 3.8) is 0 Å². The molecule has 2 aliphatic rings. The minimum Gasteiger partial charge on any atom is -0.396 e. The quantitative estimate of drug-likeness (QED) is 0.714. The largest absolute Gasteiger partial charge is 0.396 e. The molecule has 6 heteroatoms. The second-order valence-corrected chi connectivity index (χ2v) is 7.61. The van der Waals surface area contributed by atoms with Crippen molar-refractivity contribution < 1.29 is 5.11 Å². The molecule has 2 aromatic rings. The zero-order valence-corrected chi connectivity index (χ0v) is 15.3. The summed E-state index contributed by atoms with van der Waals surface area (Å²) in [6, 6.07) is 10.5. The molecule has 1 aromatic heterocycles. The van der Waals surface area contributed by atoms with Gasteiger partial charge in [0, 0.05) is 30.3 Å². The maximum atomic E-state index is 9.44. The molecule has 138 valence electrons. The van der Waals surface area contributed by atoms with Crippen LogP contribution in [0.4, 0.5) is 11.5 Å². The lowest BCUT2D eigenvalue weighted by Crippen LogP contribution is -2.35. The molecule has 1 fully saturated rings. The summed E-state index contributed by atoms with van der Waals surface area (Å²) >= 11 is 0. The minimum absolute atomic E-state index is 0.0857. The van der Waals surface area contributed by atoms with E-state index in [4.69, 9.17) is 0 Å². The number of benzene rings is 1. The van der Waals surface area contributed by atoms with Gasteiger partial charge in [0.05, 0.1) is 31.2 Å². The Morgan fingerprint density at radius 1 is 1.27 bits per heavy atom. The molecular formula is C20H27N5O. The molecule has 2 heterocycles. The van der Waals surface area contributed by atoms with Gasteiger partial charge in [-0.05, 0) is 31.9 Å². The maximum Gasteiger partial charge on any atom is 0.148 e. The molecule has 1 saturated carbocycles. The third-order valence-corrected chi connectivity index (χ3v) is 5.46. The fourth-order valence-electron chi connectivity index (χ4n) is 3.31. The van der Waals surface area contributed by atoms with Gasteiger partial charge in [0.2, 0.25) is 0 Å². The fraction of sp³-hybridized carbons (Fsp3) is 0.450. The third kappa shape index (κ3) is 3.55. The molecule has 6 nitrogen and oxygen atoms in total. The molecule has 0 amide bonds. The second kappa shape index (κ2) is 6.68. The van der Waals surface area contributed by atoms with Crippen molar-refractivity contribution in [2.45, 2.75) is 32.9 Å². The van der Waals surface area contributed by atoms with Crippen LogP contribution >= 0.6 is 0 Å². The zero-order chi connectivity index (χ0) is 18.1. The number of rotatable bonds is 7. The highest BCUT2D eigenvalue weighted by atomic mass is 16.3. The summed E-state index contributed by atoms with van der Waals surface area (Å²) < 4.78 is 2.07. The first-order chi connectivity index (χ1) is 12.6. The van der Waals surface area contributed by atoms with E-state index in [0.29, 0.717) is 0 Å². The number of aryl methyl sites for hydroxylation is 1. The van der Waals surface area contributed by atoms with Crippen LogP contribution in [0.15, 0.2) is 42.7 Å². The Hall–Kier alpha value is -2.47. The van der Waals surface area contributed by atoms with Crippen molar-refractivity contribution >= 4 is 11.5 Å². The van der Waals surface area contributed by atoms with Crippen molar-refractivity contribution in [2.24, 2.45) is 5.41 Å². The summed E-state index contributed by atoms with van der Waals surface area (Å²) in [6.07, 6.45) is 2.20. The number of fused-ring (bicyclic) bond motifs is 1. The standard InChI is InChI=1S/C20H27N5O/c1-15-3-5-17(6-4-15)22-16(2)24-9-10-25-18(12-24)11-19(23-25)21-13-20(14-26)7-8-20/h3-6,11,22,26H,2,7-10,12-14H2,1H3,(H,21,23). The van der Waals surface area contributed by atoms with Crippen molar-refractivity contribution in [1.29, 1.82) is 0 Å². The van der Waals surface area contributed by atoms with E-state index in [1.165, 1.54) is 11.3 Å². The zero-order valence-electron chi connectivity index (χ0n) is 15.3. The average molecular weight is 353 g/mol. The van der Waals surface area contributed by atoms with Crippen LogP contribution in [0.25, 0.3) is 0 Å². The molecule has 4 rings (SSSR count). The summed E-state index contributed by atoms with van der Waals surface area (Å²) in [5, 5.41) is 20.9. The lowest BCUT2D eigenvalue weighted by atomic mass is 10.1. The number of hydrogen-bond acceptors (Lipinski definition) is 5. The van der Waals surface area contributed by atoms with E-state index in [2.05, 4.69) is 69.1 Å². The molecule has 0 bridgehead atoms. The second-order valence-electron chi connectivity index (χ2n) is 7.61. The molecule has 0 spiro atoms. The van der Waals surface area contributed by atoms with E-state index >= 15 is 0 Å². The summed E-state index contributed by atoms with van der Waals surface area (Å²) in [5.74, 6) is 1.81.